The van der Waals surface area contributed by atoms with Crippen LogP contribution >= 0.6 is 11.3 Å². The van der Waals surface area contributed by atoms with Crippen LogP contribution in [0.25, 0.3) is 0 Å². The number of para-hydroxylation sites is 1. The van der Waals surface area contributed by atoms with E-state index in [1.165, 1.54) is 11.3 Å². The van der Waals surface area contributed by atoms with Crippen LogP contribution in [0.3, 0.4) is 0 Å². The van der Waals surface area contributed by atoms with Gasteiger partial charge in [0.1, 0.15) is 12.4 Å². The Hall–Kier alpha value is -2.08. The van der Waals surface area contributed by atoms with Gasteiger partial charge in [0.25, 0.3) is 0 Å². The minimum atomic E-state index is 0.00804. The zero-order valence-electron chi connectivity index (χ0n) is 12.2. The molecule has 6 heteroatoms. The van der Waals surface area contributed by atoms with E-state index in [-0.39, 0.29) is 12.3 Å². The van der Waals surface area contributed by atoms with Crippen LogP contribution in [-0.2, 0) is 11.2 Å². The summed E-state index contributed by atoms with van der Waals surface area (Å²) in [5, 5.41) is 2.30. The molecular formula is C15H19N3O2S. The molecule has 0 bridgehead atoms. The van der Waals surface area contributed by atoms with E-state index < -0.39 is 0 Å². The number of benzene rings is 1. The van der Waals surface area contributed by atoms with Crippen molar-refractivity contribution in [1.82, 2.24) is 9.88 Å². The molecule has 0 radical (unpaired) electrons. The van der Waals surface area contributed by atoms with Gasteiger partial charge in [-0.1, -0.05) is 18.2 Å². The largest absolute Gasteiger partial charge is 0.491 e. The van der Waals surface area contributed by atoms with Crippen molar-refractivity contribution in [3.05, 3.63) is 40.9 Å². The molecule has 2 N–H and O–H groups in total. The summed E-state index contributed by atoms with van der Waals surface area (Å²) in [5.74, 6) is 0.860. The predicted octanol–water partition coefficient (Wildman–Crippen LogP) is 2.11. The first-order valence-corrected chi connectivity index (χ1v) is 7.56. The molecule has 0 saturated carbocycles. The summed E-state index contributed by atoms with van der Waals surface area (Å²) in [7, 11) is 1.76. The lowest BCUT2D eigenvalue weighted by atomic mass is 10.2. The molecule has 0 aliphatic rings. The summed E-state index contributed by atoms with van der Waals surface area (Å²) in [4.78, 5) is 17.8. The number of nitrogens with two attached hydrogens (primary N) is 1. The number of aromatic nitrogens is 1. The number of nitrogen functional groups attached to an aromatic ring is 1. The Labute approximate surface area is 128 Å². The molecule has 1 aromatic heterocycles. The fourth-order valence-electron chi connectivity index (χ4n) is 1.83. The lowest BCUT2D eigenvalue weighted by Gasteiger charge is -2.17. The van der Waals surface area contributed by atoms with Gasteiger partial charge in [-0.15, -0.1) is 11.3 Å². The van der Waals surface area contributed by atoms with E-state index in [2.05, 4.69) is 4.98 Å². The van der Waals surface area contributed by atoms with Gasteiger partial charge >= 0.3 is 0 Å². The van der Waals surface area contributed by atoms with Crippen molar-refractivity contribution >= 4 is 22.4 Å². The van der Waals surface area contributed by atoms with Crippen LogP contribution in [0.2, 0.25) is 0 Å². The number of carbonyl (C=O) groups is 1. The van der Waals surface area contributed by atoms with Gasteiger partial charge in [0.05, 0.1) is 18.7 Å². The van der Waals surface area contributed by atoms with Gasteiger partial charge in [-0.25, -0.2) is 4.98 Å². The number of hydrogen-bond donors (Lipinski definition) is 1. The van der Waals surface area contributed by atoms with Crippen molar-refractivity contribution in [3.63, 3.8) is 0 Å². The van der Waals surface area contributed by atoms with Gasteiger partial charge in [-0.05, 0) is 18.6 Å². The van der Waals surface area contributed by atoms with Crippen LogP contribution < -0.4 is 10.5 Å². The molecule has 2 aromatic rings. The van der Waals surface area contributed by atoms with Gasteiger partial charge in [-0.3, -0.25) is 4.79 Å². The number of carbonyl (C=O) groups excluding carboxylic acids is 1. The Balaban J connectivity index is 1.77. The summed E-state index contributed by atoms with van der Waals surface area (Å²) in [6, 6.07) is 7.83. The van der Waals surface area contributed by atoms with Gasteiger partial charge in [0.15, 0.2) is 5.13 Å². The Bertz CT molecular complexity index is 612. The second-order valence-corrected chi connectivity index (χ2v) is 5.67. The number of anilines is 1. The third-order valence-electron chi connectivity index (χ3n) is 3.11. The van der Waals surface area contributed by atoms with E-state index in [0.717, 1.165) is 11.3 Å². The standard InChI is InChI=1S/C15H19N3O2S/c1-11-5-3-4-6-13(11)20-8-7-18(2)14(19)9-12-10-21-15(16)17-12/h3-6,10H,7-9H2,1-2H3,(H2,16,17). The van der Waals surface area contributed by atoms with Crippen molar-refractivity contribution in [2.24, 2.45) is 0 Å². The number of amides is 1. The van der Waals surface area contributed by atoms with Crippen LogP contribution in [0.1, 0.15) is 11.3 Å². The molecule has 112 valence electrons. The van der Waals surface area contributed by atoms with E-state index in [9.17, 15) is 4.79 Å². The minimum Gasteiger partial charge on any atom is -0.491 e. The van der Waals surface area contributed by atoms with Crippen LogP contribution in [0.15, 0.2) is 29.6 Å². The summed E-state index contributed by atoms with van der Waals surface area (Å²) < 4.78 is 5.68. The molecule has 5 nitrogen and oxygen atoms in total. The predicted molar refractivity (Wildman–Crippen MR) is 84.5 cm³/mol. The maximum atomic E-state index is 12.0. The molecule has 1 heterocycles. The lowest BCUT2D eigenvalue weighted by Crippen LogP contribution is -2.32. The van der Waals surface area contributed by atoms with Gasteiger partial charge in [0.2, 0.25) is 5.91 Å². The van der Waals surface area contributed by atoms with Crippen LogP contribution in [0.4, 0.5) is 5.13 Å². The fraction of sp³-hybridized carbons (Fsp3) is 0.333. The van der Waals surface area contributed by atoms with Gasteiger partial charge in [0, 0.05) is 12.4 Å². The summed E-state index contributed by atoms with van der Waals surface area (Å²) >= 11 is 1.35. The average molecular weight is 305 g/mol. The fourth-order valence-corrected chi connectivity index (χ4v) is 2.39. The monoisotopic (exact) mass is 305 g/mol. The third kappa shape index (κ3) is 4.46. The summed E-state index contributed by atoms with van der Waals surface area (Å²) in [6.07, 6.45) is 0.272. The van der Waals surface area contributed by atoms with Crippen LogP contribution in [-0.4, -0.2) is 36.0 Å². The molecule has 0 atom stereocenters. The molecule has 1 aromatic carbocycles. The van der Waals surface area contributed by atoms with Crippen LogP contribution in [0, 0.1) is 6.92 Å². The first-order valence-electron chi connectivity index (χ1n) is 6.68. The number of hydrogen-bond acceptors (Lipinski definition) is 5. The number of ether oxygens (including phenoxy) is 1. The van der Waals surface area contributed by atoms with E-state index in [1.807, 2.05) is 36.6 Å². The Morgan fingerprint density at radius 1 is 1.43 bits per heavy atom. The molecule has 0 spiro atoms. The Kier molecular flexibility index (Phi) is 5.16. The molecule has 0 aliphatic carbocycles. The molecule has 0 unspecified atom stereocenters. The molecule has 2 rings (SSSR count). The first-order chi connectivity index (χ1) is 10.1. The molecule has 0 aliphatic heterocycles. The van der Waals surface area contributed by atoms with Crippen molar-refractivity contribution in [3.8, 4) is 5.75 Å². The number of nitrogens with zero attached hydrogens (tertiary/aromatic N) is 2. The molecule has 0 saturated heterocycles. The molecule has 21 heavy (non-hydrogen) atoms. The molecule has 1 amide bonds. The van der Waals surface area contributed by atoms with E-state index >= 15 is 0 Å². The second kappa shape index (κ2) is 7.08. The van der Waals surface area contributed by atoms with Crippen molar-refractivity contribution in [2.75, 3.05) is 25.9 Å². The maximum absolute atomic E-state index is 12.0. The number of aryl methyl sites for hydroxylation is 1. The highest BCUT2D eigenvalue weighted by molar-refractivity contribution is 7.13. The lowest BCUT2D eigenvalue weighted by molar-refractivity contribution is -0.129. The Morgan fingerprint density at radius 3 is 2.86 bits per heavy atom. The number of likely N-dealkylation sites (N-methyl/N-ethyl adjacent to an activating group) is 1. The van der Waals surface area contributed by atoms with E-state index in [1.54, 1.807) is 11.9 Å². The van der Waals surface area contributed by atoms with Crippen molar-refractivity contribution < 1.29 is 9.53 Å². The highest BCUT2D eigenvalue weighted by atomic mass is 32.1. The zero-order chi connectivity index (χ0) is 15.2. The summed E-state index contributed by atoms with van der Waals surface area (Å²) in [5.41, 5.74) is 7.36. The summed E-state index contributed by atoms with van der Waals surface area (Å²) in [6.45, 7) is 3.00. The maximum Gasteiger partial charge on any atom is 0.228 e. The zero-order valence-corrected chi connectivity index (χ0v) is 13.0. The van der Waals surface area contributed by atoms with Gasteiger partial charge < -0.3 is 15.4 Å². The van der Waals surface area contributed by atoms with Gasteiger partial charge in [-0.2, -0.15) is 0 Å². The smallest absolute Gasteiger partial charge is 0.228 e. The van der Waals surface area contributed by atoms with E-state index in [4.69, 9.17) is 10.5 Å². The molecule has 0 fully saturated rings. The topological polar surface area (TPSA) is 68.5 Å². The van der Waals surface area contributed by atoms with Crippen LogP contribution in [0.5, 0.6) is 5.75 Å². The quantitative estimate of drug-likeness (QED) is 0.887. The minimum absolute atomic E-state index is 0.00804. The number of rotatable bonds is 6. The SMILES string of the molecule is Cc1ccccc1OCCN(C)C(=O)Cc1csc(N)n1. The number of thiazole rings is 1. The highest BCUT2D eigenvalue weighted by Gasteiger charge is 2.11. The van der Waals surface area contributed by atoms with E-state index in [0.29, 0.717) is 24.0 Å². The van der Waals surface area contributed by atoms with Crippen molar-refractivity contribution in [2.45, 2.75) is 13.3 Å². The Morgan fingerprint density at radius 2 is 2.19 bits per heavy atom. The average Bonchev–Trinajstić information content (AvgIpc) is 2.86. The first kappa shape index (κ1) is 15.3. The molecular weight excluding hydrogens is 286 g/mol. The third-order valence-corrected chi connectivity index (χ3v) is 3.83. The normalized spacial score (nSPS) is 10.4. The second-order valence-electron chi connectivity index (χ2n) is 4.78. The van der Waals surface area contributed by atoms with Crippen molar-refractivity contribution in [1.29, 1.82) is 0 Å². The highest BCUT2D eigenvalue weighted by Crippen LogP contribution is 2.16.